The fraction of sp³-hybridized carbons (Fsp3) is 0.733. The summed E-state index contributed by atoms with van der Waals surface area (Å²) in [4.78, 5) is 22.7. The minimum absolute atomic E-state index is 0.113. The third kappa shape index (κ3) is 6.33. The lowest BCUT2D eigenvalue weighted by atomic mass is 10.1. The van der Waals surface area contributed by atoms with Crippen molar-refractivity contribution in [1.82, 2.24) is 0 Å². The van der Waals surface area contributed by atoms with E-state index in [-0.39, 0.29) is 26.2 Å². The molecule has 0 aromatic heterocycles. The summed E-state index contributed by atoms with van der Waals surface area (Å²) >= 11 is 0. The smallest absolute Gasteiger partial charge is 0.456 e. The largest absolute Gasteiger partial charge is 0.508 e. The molecule has 1 rings (SSSR count). The Hall–Kier alpha value is -1.78. The predicted molar refractivity (Wildman–Crippen MR) is 75.8 cm³/mol. The van der Waals surface area contributed by atoms with Crippen LogP contribution in [0.1, 0.15) is 34.1 Å². The van der Waals surface area contributed by atoms with Crippen LogP contribution >= 0.6 is 0 Å². The summed E-state index contributed by atoms with van der Waals surface area (Å²) in [7, 11) is 0. The van der Waals surface area contributed by atoms with Crippen LogP contribution in [0.2, 0.25) is 0 Å². The van der Waals surface area contributed by atoms with Gasteiger partial charge in [0.15, 0.2) is 5.79 Å². The molecule has 7 heteroatoms. The average molecular weight is 314 g/mol. The van der Waals surface area contributed by atoms with Gasteiger partial charge in [0.2, 0.25) is 0 Å². The second kappa shape index (κ2) is 8.61. The number of carbonyl (C=O) groups is 2. The third-order valence-electron chi connectivity index (χ3n) is 2.72. The molecular formula is C15H22O7. The minimum atomic E-state index is -0.807. The number of ether oxygens (including phenoxy) is 5. The van der Waals surface area contributed by atoms with Crippen LogP contribution in [0.5, 0.6) is 0 Å². The van der Waals surface area contributed by atoms with Gasteiger partial charge in [-0.15, -0.1) is 0 Å². The third-order valence-corrected chi connectivity index (χ3v) is 2.72. The van der Waals surface area contributed by atoms with Crippen molar-refractivity contribution in [3.05, 3.63) is 0 Å². The number of hydrogen-bond acceptors (Lipinski definition) is 7. The summed E-state index contributed by atoms with van der Waals surface area (Å²) in [5.41, 5.74) is 0. The normalized spacial score (nSPS) is 20.5. The SMILES string of the molecule is CCOC(=O)C#CC[C@@H](OC(=O)OCC)[C@H]1COC(C)(C)O1. The molecule has 1 heterocycles. The molecular weight excluding hydrogens is 292 g/mol. The Morgan fingerprint density at radius 1 is 1.27 bits per heavy atom. The fourth-order valence-electron chi connectivity index (χ4n) is 1.81. The van der Waals surface area contributed by atoms with Crippen LogP contribution in [0.3, 0.4) is 0 Å². The van der Waals surface area contributed by atoms with E-state index in [2.05, 4.69) is 11.8 Å². The van der Waals surface area contributed by atoms with Gasteiger partial charge in [0.1, 0.15) is 12.2 Å². The molecule has 0 saturated carbocycles. The molecule has 0 radical (unpaired) electrons. The highest BCUT2D eigenvalue weighted by Crippen LogP contribution is 2.26. The van der Waals surface area contributed by atoms with Gasteiger partial charge in [0, 0.05) is 12.3 Å². The van der Waals surface area contributed by atoms with Crippen molar-refractivity contribution in [2.45, 2.75) is 52.1 Å². The summed E-state index contributed by atoms with van der Waals surface area (Å²) in [6, 6.07) is 0. The van der Waals surface area contributed by atoms with Gasteiger partial charge in [-0.3, -0.25) is 0 Å². The Labute approximate surface area is 130 Å². The molecule has 124 valence electrons. The van der Waals surface area contributed by atoms with Crippen molar-refractivity contribution < 1.29 is 33.3 Å². The standard InChI is InChI=1S/C15H22O7/c1-5-18-13(16)9-7-8-11(21-14(17)19-6-2)12-10-20-15(3,4)22-12/h11-12H,5-6,8,10H2,1-4H3/t11-,12-/m1/s1. The van der Waals surface area contributed by atoms with Crippen LogP contribution in [0.4, 0.5) is 4.79 Å². The molecule has 1 aliphatic heterocycles. The van der Waals surface area contributed by atoms with Crippen molar-refractivity contribution >= 4 is 12.1 Å². The van der Waals surface area contributed by atoms with Crippen LogP contribution in [0.25, 0.3) is 0 Å². The Balaban J connectivity index is 2.66. The highest BCUT2D eigenvalue weighted by atomic mass is 16.8. The van der Waals surface area contributed by atoms with E-state index in [9.17, 15) is 9.59 Å². The Morgan fingerprint density at radius 2 is 1.95 bits per heavy atom. The maximum absolute atomic E-state index is 11.5. The highest BCUT2D eigenvalue weighted by Gasteiger charge is 2.39. The topological polar surface area (TPSA) is 80.3 Å². The lowest BCUT2D eigenvalue weighted by Gasteiger charge is -2.22. The van der Waals surface area contributed by atoms with Crippen molar-refractivity contribution in [2.24, 2.45) is 0 Å². The molecule has 0 N–H and O–H groups in total. The first-order chi connectivity index (χ1) is 10.4. The molecule has 2 atom stereocenters. The molecule has 0 aromatic rings. The zero-order chi connectivity index (χ0) is 16.6. The van der Waals surface area contributed by atoms with Crippen molar-refractivity contribution in [2.75, 3.05) is 19.8 Å². The lowest BCUT2D eigenvalue weighted by Crippen LogP contribution is -2.34. The van der Waals surface area contributed by atoms with Gasteiger partial charge in [0.25, 0.3) is 0 Å². The predicted octanol–water partition coefficient (Wildman–Crippen LogP) is 1.64. The fourth-order valence-corrected chi connectivity index (χ4v) is 1.81. The Morgan fingerprint density at radius 3 is 2.50 bits per heavy atom. The van der Waals surface area contributed by atoms with Crippen molar-refractivity contribution in [3.8, 4) is 11.8 Å². The first kappa shape index (κ1) is 18.3. The first-order valence-electron chi connectivity index (χ1n) is 7.18. The molecule has 1 aliphatic rings. The van der Waals surface area contributed by atoms with Gasteiger partial charge in [-0.1, -0.05) is 5.92 Å². The summed E-state index contributed by atoms with van der Waals surface area (Å²) in [6.45, 7) is 7.61. The molecule has 7 nitrogen and oxygen atoms in total. The van der Waals surface area contributed by atoms with Crippen LogP contribution in [-0.4, -0.2) is 49.9 Å². The first-order valence-corrected chi connectivity index (χ1v) is 7.18. The van der Waals surface area contributed by atoms with Gasteiger partial charge in [-0.2, -0.15) is 0 Å². The number of carbonyl (C=O) groups excluding carboxylic acids is 2. The summed E-state index contributed by atoms with van der Waals surface area (Å²) in [6.07, 6.45) is -1.86. The lowest BCUT2D eigenvalue weighted by molar-refractivity contribution is -0.152. The zero-order valence-electron chi connectivity index (χ0n) is 13.3. The van der Waals surface area contributed by atoms with Gasteiger partial charge < -0.3 is 23.7 Å². The molecule has 22 heavy (non-hydrogen) atoms. The van der Waals surface area contributed by atoms with Crippen LogP contribution in [0.15, 0.2) is 0 Å². The maximum Gasteiger partial charge on any atom is 0.508 e. The number of esters is 1. The second-order valence-electron chi connectivity index (χ2n) is 4.93. The highest BCUT2D eigenvalue weighted by molar-refractivity contribution is 5.88. The Bertz CT molecular complexity index is 447. The molecule has 0 aliphatic carbocycles. The van der Waals surface area contributed by atoms with Gasteiger partial charge in [0.05, 0.1) is 19.8 Å². The Kier molecular flexibility index (Phi) is 7.15. The quantitative estimate of drug-likeness (QED) is 0.433. The minimum Gasteiger partial charge on any atom is -0.456 e. The number of rotatable bonds is 5. The average Bonchev–Trinajstić information content (AvgIpc) is 2.78. The molecule has 1 fully saturated rings. The second-order valence-corrected chi connectivity index (χ2v) is 4.93. The van der Waals surface area contributed by atoms with E-state index in [1.165, 1.54) is 0 Å². The van der Waals surface area contributed by atoms with E-state index in [1.54, 1.807) is 27.7 Å². The van der Waals surface area contributed by atoms with E-state index in [1.807, 2.05) is 0 Å². The summed E-state index contributed by atoms with van der Waals surface area (Å²) in [5, 5.41) is 0. The van der Waals surface area contributed by atoms with E-state index in [4.69, 9.17) is 23.7 Å². The maximum atomic E-state index is 11.5. The van der Waals surface area contributed by atoms with E-state index in [0.717, 1.165) is 0 Å². The molecule has 0 aromatic carbocycles. The van der Waals surface area contributed by atoms with E-state index >= 15 is 0 Å². The van der Waals surface area contributed by atoms with Crippen molar-refractivity contribution in [1.29, 1.82) is 0 Å². The summed E-state index contributed by atoms with van der Waals surface area (Å²) in [5.74, 6) is 3.57. The van der Waals surface area contributed by atoms with Crippen LogP contribution in [-0.2, 0) is 28.5 Å². The molecule has 0 amide bonds. The van der Waals surface area contributed by atoms with Gasteiger partial charge in [-0.25, -0.2) is 9.59 Å². The van der Waals surface area contributed by atoms with E-state index < -0.39 is 30.1 Å². The van der Waals surface area contributed by atoms with Gasteiger partial charge in [-0.05, 0) is 27.7 Å². The van der Waals surface area contributed by atoms with Crippen molar-refractivity contribution in [3.63, 3.8) is 0 Å². The van der Waals surface area contributed by atoms with Crippen LogP contribution < -0.4 is 0 Å². The van der Waals surface area contributed by atoms with Gasteiger partial charge >= 0.3 is 12.1 Å². The molecule has 0 spiro atoms. The number of hydrogen-bond donors (Lipinski definition) is 0. The monoisotopic (exact) mass is 314 g/mol. The van der Waals surface area contributed by atoms with Crippen LogP contribution in [0, 0.1) is 11.8 Å². The van der Waals surface area contributed by atoms with E-state index in [0.29, 0.717) is 0 Å². The molecule has 0 unspecified atom stereocenters. The summed E-state index contributed by atoms with van der Waals surface area (Å²) < 4.78 is 25.7. The molecule has 1 saturated heterocycles. The molecule has 0 bridgehead atoms. The zero-order valence-corrected chi connectivity index (χ0v) is 13.3.